The normalized spacial score (nSPS) is 12.3. The van der Waals surface area contributed by atoms with Crippen molar-refractivity contribution in [1.82, 2.24) is 49.6 Å². The summed E-state index contributed by atoms with van der Waals surface area (Å²) < 4.78 is 146. The number of halogens is 4. The Morgan fingerprint density at radius 2 is 0.719 bits per heavy atom. The number of carbonyl (C=O) groups excluding carboxylic acids is 3. The van der Waals surface area contributed by atoms with Gasteiger partial charge in [-0.15, -0.1) is 0 Å². The number of rotatable bonds is 21. The van der Waals surface area contributed by atoms with Gasteiger partial charge >= 0.3 is 0 Å². The Kier molecular flexibility index (Phi) is 26.3. The SMILES string of the molecule is C=S(C)(=O)N(C)c1cc2oc(-c3ccc(F)cc3)c(C(=O)NC)c2cc1-c1ccc2nc(C)n(Cc3ccc(F)cc3)c(=O)c2c1.CNC(=O)c1c(-c2ccc(F)cc2)oc2cc(N(C)S(C)(=O)=O)c(-c3ccc4nc(C)n(Cc5ccc(C)cn5)c(=O)c4c3)cc12.CNC(=O)c1c(-c2ccc(F)cc2)oc2cc(N(C)S(C)(=O)=O)c(-c3ccc4nc(C)n([C@H](C)c5ccc(C)cc5)c(=O)c4c3)cc12. The maximum atomic E-state index is 14.1. The molecule has 11 aromatic carbocycles. The average molecular weight is 1930 g/mol. The highest BCUT2D eigenvalue weighted by molar-refractivity contribution is 8.00. The van der Waals surface area contributed by atoms with Gasteiger partial charge in [0.25, 0.3) is 34.4 Å². The number of anilines is 3. The summed E-state index contributed by atoms with van der Waals surface area (Å²) in [7, 11) is -1.32. The number of benzene rings is 11. The van der Waals surface area contributed by atoms with E-state index in [2.05, 4.69) is 36.8 Å². The molecule has 18 aromatic rings. The van der Waals surface area contributed by atoms with E-state index in [4.69, 9.17) is 18.2 Å². The van der Waals surface area contributed by atoms with Crippen LogP contribution in [0.5, 0.6) is 0 Å². The Hall–Kier alpha value is -15.9. The first-order valence-corrected chi connectivity index (χ1v) is 49.3. The Bertz CT molecular complexity index is 8280. The van der Waals surface area contributed by atoms with E-state index in [1.54, 1.807) is 146 Å². The molecule has 139 heavy (non-hydrogen) atoms. The monoisotopic (exact) mass is 1930 g/mol. The van der Waals surface area contributed by atoms with Gasteiger partial charge in [-0.25, -0.2) is 53.6 Å². The van der Waals surface area contributed by atoms with Crippen molar-refractivity contribution in [3.63, 3.8) is 0 Å². The number of pyridine rings is 1. The summed E-state index contributed by atoms with van der Waals surface area (Å²) >= 11 is 0. The number of furan rings is 3. The fourth-order valence-corrected chi connectivity index (χ4v) is 18.3. The summed E-state index contributed by atoms with van der Waals surface area (Å²) in [5.41, 5.74) is 12.2. The van der Waals surface area contributed by atoms with Crippen molar-refractivity contribution >= 4 is 136 Å². The molecule has 7 heterocycles. The van der Waals surface area contributed by atoms with Crippen LogP contribution in [0.15, 0.2) is 258 Å². The molecule has 27 nitrogen and oxygen atoms in total. The van der Waals surface area contributed by atoms with Crippen LogP contribution >= 0.6 is 0 Å². The Morgan fingerprint density at radius 1 is 0.396 bits per heavy atom. The number of carbonyl (C=O) groups is 3. The van der Waals surface area contributed by atoms with Gasteiger partial charge in [-0.1, -0.05) is 66.2 Å². The lowest BCUT2D eigenvalue weighted by molar-refractivity contribution is 0.0956. The zero-order valence-corrected chi connectivity index (χ0v) is 80.5. The van der Waals surface area contributed by atoms with Gasteiger partial charge in [0.05, 0.1) is 104 Å². The molecule has 0 aliphatic heterocycles. The molecule has 0 bridgehead atoms. The Morgan fingerprint density at radius 3 is 1.06 bits per heavy atom. The van der Waals surface area contributed by atoms with Crippen molar-refractivity contribution in [3.05, 3.63) is 347 Å². The van der Waals surface area contributed by atoms with Gasteiger partial charge in [0, 0.05) is 132 Å². The quantitative estimate of drug-likeness (QED) is 0.0444. The second kappa shape index (κ2) is 38.0. The summed E-state index contributed by atoms with van der Waals surface area (Å²) in [4.78, 5) is 100. The van der Waals surface area contributed by atoms with Crippen molar-refractivity contribution in [2.45, 2.75) is 60.7 Å². The molecule has 0 spiro atoms. The number of amides is 3. The van der Waals surface area contributed by atoms with E-state index in [0.717, 1.165) is 43.4 Å². The summed E-state index contributed by atoms with van der Waals surface area (Å²) in [6.45, 7) is 11.6. The largest absolute Gasteiger partial charge is 0.455 e. The number of fused-ring (bicyclic) bond motifs is 6. The number of hydrogen-bond acceptors (Lipinski definition) is 18. The Balaban J connectivity index is 0.000000151. The standard InChI is InChI=1S/C36H33FN4O5S.C35H30F2N4O4S.C34H30FN5O5S/c1-20-7-9-23(10-8-20)21(2)41-22(3)39-30-16-13-25(17-28(30)36(41)43)27-18-29-32(19-31(27)40(5)47(6,44)45)46-34(33(29)35(42)38-4)24-11-14-26(37)15-12-24;1-20-39-29-15-10-23(16-27(29)35(43)41(20)19-21-6-11-24(36)12-7-21)26-17-28-31(18-30(26)40(3)46(4,5)44)45-33(32(28)34(42)38-2)22-8-13-25(37)14-9-22;1-19-6-12-24(37-17-19)18-40-20(2)38-28-13-9-22(14-26(28)34(40)42)25-15-27-30(16-29(25)39(4)46(5,43)44)45-32(31(27)33(41)36-3)21-7-10-23(35)11-8-21/h7-19,21H,1-6H3,(H,38,42);6-18H,4,19H2,1-3,5H3,(H,38,42);6-17H,18H2,1-5H3,(H,36,41)/t21-;;/m1../s1. The van der Waals surface area contributed by atoms with Crippen LogP contribution in [-0.4, -0.2) is 139 Å². The van der Waals surface area contributed by atoms with Crippen molar-refractivity contribution < 1.29 is 66.2 Å². The lowest BCUT2D eigenvalue weighted by atomic mass is 9.97. The lowest BCUT2D eigenvalue weighted by Gasteiger charge is -2.24. The van der Waals surface area contributed by atoms with E-state index in [9.17, 15) is 67.4 Å². The molecule has 18 rings (SSSR count). The first kappa shape index (κ1) is 96.2. The Labute approximate surface area is 796 Å². The summed E-state index contributed by atoms with van der Waals surface area (Å²) in [6, 6.07) is 59.6. The number of aromatic nitrogens is 7. The number of nitrogens with one attached hydrogen (secondary N) is 3. The molecule has 0 aliphatic carbocycles. The van der Waals surface area contributed by atoms with E-state index in [1.165, 1.54) is 135 Å². The van der Waals surface area contributed by atoms with Gasteiger partial charge < -0.3 is 33.5 Å². The topological polar surface area (TPSA) is 339 Å². The van der Waals surface area contributed by atoms with Gasteiger partial charge in [-0.3, -0.25) is 56.1 Å². The van der Waals surface area contributed by atoms with Crippen molar-refractivity contribution in [1.29, 1.82) is 0 Å². The minimum atomic E-state index is -3.75. The van der Waals surface area contributed by atoms with E-state index in [-0.39, 0.29) is 98.1 Å². The zero-order valence-electron chi connectivity index (χ0n) is 78.1. The van der Waals surface area contributed by atoms with Crippen LogP contribution in [0.25, 0.3) is 133 Å². The van der Waals surface area contributed by atoms with Gasteiger partial charge in [-0.2, -0.15) is 0 Å². The highest BCUT2D eigenvalue weighted by Gasteiger charge is 2.32. The van der Waals surface area contributed by atoms with Crippen LogP contribution in [0, 0.1) is 57.9 Å². The van der Waals surface area contributed by atoms with Crippen LogP contribution in [0.2, 0.25) is 0 Å². The van der Waals surface area contributed by atoms with Gasteiger partial charge in [0.2, 0.25) is 20.0 Å². The predicted octanol–water partition coefficient (Wildman–Crippen LogP) is 18.2. The predicted molar refractivity (Wildman–Crippen MR) is 539 cm³/mol. The third-order valence-corrected chi connectivity index (χ3v) is 28.2. The van der Waals surface area contributed by atoms with E-state index < -0.39 is 64.9 Å². The molecule has 7 aromatic heterocycles. The number of aryl methyl sites for hydroxylation is 5. The van der Waals surface area contributed by atoms with Crippen LogP contribution in [0.4, 0.5) is 34.6 Å². The van der Waals surface area contributed by atoms with Gasteiger partial charge in [-0.05, 0) is 226 Å². The maximum absolute atomic E-state index is 14.1. The maximum Gasteiger partial charge on any atom is 0.261 e. The first-order chi connectivity index (χ1) is 66.0. The molecule has 1 unspecified atom stereocenters. The van der Waals surface area contributed by atoms with E-state index >= 15 is 0 Å². The van der Waals surface area contributed by atoms with Crippen molar-refractivity contribution in [3.8, 4) is 67.4 Å². The highest BCUT2D eigenvalue weighted by Crippen LogP contribution is 2.47. The smallest absolute Gasteiger partial charge is 0.261 e. The van der Waals surface area contributed by atoms with Gasteiger partial charge in [0.15, 0.2) is 0 Å². The van der Waals surface area contributed by atoms with Crippen molar-refractivity contribution in [2.75, 3.05) is 74.0 Å². The lowest BCUT2D eigenvalue weighted by Crippen LogP contribution is -2.27. The first-order valence-electron chi connectivity index (χ1n) is 43.5. The molecule has 0 aliphatic rings. The molecular weight excluding hydrogens is 1840 g/mol. The van der Waals surface area contributed by atoms with Crippen LogP contribution in [-0.2, 0) is 42.8 Å². The van der Waals surface area contributed by atoms with E-state index in [0.29, 0.717) is 133 Å². The summed E-state index contributed by atoms with van der Waals surface area (Å²) in [5, 5.41) is 10.2. The molecular formula is C105H93F4N13O14S3. The fourth-order valence-electron chi connectivity index (χ4n) is 16.7. The third-order valence-electron chi connectivity index (χ3n) is 24.5. The van der Waals surface area contributed by atoms with Crippen LogP contribution in [0.1, 0.15) is 89.5 Å². The molecule has 0 fully saturated rings. The fraction of sp³-hybridized carbons (Fsp3) is 0.171. The molecule has 2 atom stereocenters. The number of sulfonamides is 2. The molecule has 0 saturated heterocycles. The molecule has 3 amide bonds. The minimum Gasteiger partial charge on any atom is -0.455 e. The highest BCUT2D eigenvalue weighted by atomic mass is 32.2. The van der Waals surface area contributed by atoms with Gasteiger partial charge in [0.1, 0.15) is 74.8 Å². The second-order valence-corrected chi connectivity index (χ2v) is 40.4. The number of hydrogen-bond donors (Lipinski definition) is 3. The van der Waals surface area contributed by atoms with E-state index in [1.807, 2.05) is 57.2 Å². The zero-order chi connectivity index (χ0) is 99.6. The molecule has 0 radical (unpaired) electrons. The summed E-state index contributed by atoms with van der Waals surface area (Å²) in [6.07, 6.45) is 5.40. The second-order valence-electron chi connectivity index (χ2n) is 33.9. The van der Waals surface area contributed by atoms with Crippen molar-refractivity contribution in [2.24, 2.45) is 0 Å². The molecule has 0 saturated carbocycles. The van der Waals surface area contributed by atoms with Crippen LogP contribution < -0.4 is 45.5 Å². The molecule has 3 N–H and O–H groups in total. The number of nitrogens with zero attached hydrogens (tertiary/aromatic N) is 10. The summed E-state index contributed by atoms with van der Waals surface area (Å²) in [5.74, 6) is 3.09. The molecule has 708 valence electrons. The average Bonchev–Trinajstić information content (AvgIpc) is 1.51. The van der Waals surface area contributed by atoms with Crippen LogP contribution in [0.3, 0.4) is 0 Å². The minimum absolute atomic E-state index is 0.199. The molecule has 34 heteroatoms. The third kappa shape index (κ3) is 19.2.